The fourth-order valence-corrected chi connectivity index (χ4v) is 4.19. The number of ether oxygens (including phenoxy) is 1. The summed E-state index contributed by atoms with van der Waals surface area (Å²) in [5.41, 5.74) is 0.835. The molecule has 2 aromatic rings. The van der Waals surface area contributed by atoms with E-state index in [0.717, 1.165) is 28.5 Å². The Labute approximate surface area is 128 Å². The molecule has 0 aliphatic heterocycles. The lowest BCUT2D eigenvalue weighted by Gasteiger charge is -2.26. The summed E-state index contributed by atoms with van der Waals surface area (Å²) in [6, 6.07) is 7.85. The van der Waals surface area contributed by atoms with E-state index in [1.54, 1.807) is 0 Å². The van der Waals surface area contributed by atoms with Gasteiger partial charge in [0, 0.05) is 10.3 Å². The number of hydrogen-bond donors (Lipinski definition) is 1. The summed E-state index contributed by atoms with van der Waals surface area (Å²) in [6.45, 7) is 2.67. The first-order valence-corrected chi connectivity index (χ1v) is 8.32. The van der Waals surface area contributed by atoms with Gasteiger partial charge in [-0.25, -0.2) is 4.79 Å². The van der Waals surface area contributed by atoms with Crippen LogP contribution in [0, 0.1) is 5.92 Å². The normalized spacial score (nSPS) is 22.5. The molecule has 1 saturated carbocycles. The molecule has 3 rings (SSSR count). The van der Waals surface area contributed by atoms with Crippen molar-refractivity contribution in [2.45, 2.75) is 45.3 Å². The van der Waals surface area contributed by atoms with Gasteiger partial charge in [0.2, 0.25) is 0 Å². The van der Waals surface area contributed by atoms with E-state index in [0.29, 0.717) is 17.4 Å². The Morgan fingerprint density at radius 3 is 2.95 bits per heavy atom. The summed E-state index contributed by atoms with van der Waals surface area (Å²) in [4.78, 5) is 11.9. The number of rotatable bonds is 4. The van der Waals surface area contributed by atoms with E-state index in [1.807, 2.05) is 24.3 Å². The van der Waals surface area contributed by atoms with Crippen LogP contribution in [0.1, 0.15) is 47.8 Å². The Morgan fingerprint density at radius 2 is 2.19 bits per heavy atom. The monoisotopic (exact) mass is 304 g/mol. The molecular weight excluding hydrogens is 284 g/mol. The highest BCUT2D eigenvalue weighted by atomic mass is 32.1. The minimum atomic E-state index is -0.855. The maximum Gasteiger partial charge on any atom is 0.346 e. The van der Waals surface area contributed by atoms with Gasteiger partial charge in [-0.2, -0.15) is 0 Å². The lowest BCUT2D eigenvalue weighted by molar-refractivity contribution is 0.00481. The van der Waals surface area contributed by atoms with Gasteiger partial charge in [0.25, 0.3) is 0 Å². The molecule has 1 aliphatic rings. The van der Waals surface area contributed by atoms with E-state index >= 15 is 0 Å². The van der Waals surface area contributed by atoms with Gasteiger partial charge in [-0.1, -0.05) is 38.0 Å². The maximum absolute atomic E-state index is 11.4. The Balaban J connectivity index is 1.82. The molecule has 0 spiro atoms. The van der Waals surface area contributed by atoms with Crippen LogP contribution in [0.25, 0.3) is 10.1 Å². The highest BCUT2D eigenvalue weighted by Gasteiger charge is 2.22. The van der Waals surface area contributed by atoms with E-state index in [9.17, 15) is 9.90 Å². The summed E-state index contributed by atoms with van der Waals surface area (Å²) in [5.74, 6) is -0.145. The molecule has 1 aromatic heterocycles. The predicted molar refractivity (Wildman–Crippen MR) is 85.0 cm³/mol. The molecule has 0 amide bonds. The number of carboxylic acid groups (broad SMARTS) is 1. The van der Waals surface area contributed by atoms with Gasteiger partial charge >= 0.3 is 5.97 Å². The zero-order chi connectivity index (χ0) is 14.8. The maximum atomic E-state index is 11.4. The van der Waals surface area contributed by atoms with E-state index in [1.165, 1.54) is 24.2 Å². The number of benzene rings is 1. The molecule has 0 saturated heterocycles. The number of fused-ring (bicyclic) bond motifs is 1. The first-order valence-electron chi connectivity index (χ1n) is 7.50. The average Bonchev–Trinajstić information content (AvgIpc) is 2.84. The molecule has 1 N–H and O–H groups in total. The molecule has 1 aromatic carbocycles. The highest BCUT2D eigenvalue weighted by Crippen LogP contribution is 2.33. The van der Waals surface area contributed by atoms with E-state index in [2.05, 4.69) is 6.92 Å². The first kappa shape index (κ1) is 14.5. The Bertz CT molecular complexity index is 647. The second kappa shape index (κ2) is 6.16. The number of aromatic carboxylic acids is 1. The van der Waals surface area contributed by atoms with Crippen molar-refractivity contribution in [3.05, 3.63) is 34.7 Å². The van der Waals surface area contributed by atoms with E-state index < -0.39 is 5.97 Å². The fraction of sp³-hybridized carbons (Fsp3) is 0.471. The van der Waals surface area contributed by atoms with Crippen molar-refractivity contribution in [3.63, 3.8) is 0 Å². The van der Waals surface area contributed by atoms with Crippen molar-refractivity contribution in [1.29, 1.82) is 0 Å². The van der Waals surface area contributed by atoms with Crippen LogP contribution in [0.5, 0.6) is 0 Å². The minimum Gasteiger partial charge on any atom is -0.477 e. The zero-order valence-corrected chi connectivity index (χ0v) is 13.0. The largest absolute Gasteiger partial charge is 0.477 e. The second-order valence-electron chi connectivity index (χ2n) is 5.92. The van der Waals surface area contributed by atoms with Gasteiger partial charge < -0.3 is 9.84 Å². The predicted octanol–water partition coefficient (Wildman–Crippen LogP) is 4.69. The van der Waals surface area contributed by atoms with Crippen molar-refractivity contribution in [2.24, 2.45) is 5.92 Å². The molecule has 1 heterocycles. The first-order chi connectivity index (χ1) is 10.1. The van der Waals surface area contributed by atoms with Crippen molar-refractivity contribution < 1.29 is 14.6 Å². The van der Waals surface area contributed by atoms with Gasteiger partial charge in [-0.15, -0.1) is 11.3 Å². The highest BCUT2D eigenvalue weighted by molar-refractivity contribution is 7.21. The average molecular weight is 304 g/mol. The number of carbonyl (C=O) groups is 1. The third kappa shape index (κ3) is 3.11. The summed E-state index contributed by atoms with van der Waals surface area (Å²) >= 11 is 1.34. The number of thiophene rings is 1. The molecule has 0 radical (unpaired) electrons. The lowest BCUT2D eigenvalue weighted by Crippen LogP contribution is -2.21. The van der Waals surface area contributed by atoms with Gasteiger partial charge in [-0.05, 0) is 30.2 Å². The third-order valence-electron chi connectivity index (χ3n) is 4.24. The van der Waals surface area contributed by atoms with Crippen LogP contribution in [0.4, 0.5) is 0 Å². The molecule has 1 aliphatic carbocycles. The minimum absolute atomic E-state index is 0.272. The van der Waals surface area contributed by atoms with Gasteiger partial charge in [0.1, 0.15) is 4.88 Å². The molecule has 3 nitrogen and oxygen atoms in total. The summed E-state index contributed by atoms with van der Waals surface area (Å²) in [7, 11) is 0. The summed E-state index contributed by atoms with van der Waals surface area (Å²) in [6.07, 6.45) is 4.94. The van der Waals surface area contributed by atoms with Gasteiger partial charge in [0.05, 0.1) is 12.7 Å². The van der Waals surface area contributed by atoms with Crippen molar-refractivity contribution in [2.75, 3.05) is 0 Å². The van der Waals surface area contributed by atoms with Crippen LogP contribution in [-0.4, -0.2) is 17.2 Å². The zero-order valence-electron chi connectivity index (χ0n) is 12.2. The fourth-order valence-electron chi connectivity index (χ4n) is 3.15. The molecule has 1 fully saturated rings. The standard InChI is InChI=1S/C17H20O3S/c1-11-5-4-6-12(9-11)20-10-14-13-7-2-3-8-15(13)21-16(14)17(18)19/h2-3,7-8,11-12H,4-6,9-10H2,1H3,(H,18,19). The van der Waals surface area contributed by atoms with Crippen LogP contribution in [0.2, 0.25) is 0 Å². The Hall–Kier alpha value is -1.39. The van der Waals surface area contributed by atoms with Crippen LogP contribution >= 0.6 is 11.3 Å². The quantitative estimate of drug-likeness (QED) is 0.891. The topological polar surface area (TPSA) is 46.5 Å². The second-order valence-corrected chi connectivity index (χ2v) is 6.97. The molecule has 0 bridgehead atoms. The Kier molecular flexibility index (Phi) is 4.27. The smallest absolute Gasteiger partial charge is 0.346 e. The van der Waals surface area contributed by atoms with Crippen molar-refractivity contribution in [1.82, 2.24) is 0 Å². The number of carboxylic acids is 1. The molecule has 21 heavy (non-hydrogen) atoms. The molecule has 2 atom stereocenters. The van der Waals surface area contributed by atoms with Crippen LogP contribution in [0.3, 0.4) is 0 Å². The summed E-state index contributed by atoms with van der Waals surface area (Å²) in [5, 5.41) is 10.4. The van der Waals surface area contributed by atoms with Crippen LogP contribution in [-0.2, 0) is 11.3 Å². The number of hydrogen-bond acceptors (Lipinski definition) is 3. The molecule has 4 heteroatoms. The molecular formula is C17H20O3S. The van der Waals surface area contributed by atoms with Crippen molar-refractivity contribution >= 4 is 27.4 Å². The lowest BCUT2D eigenvalue weighted by atomic mass is 9.89. The van der Waals surface area contributed by atoms with Gasteiger partial charge in [-0.3, -0.25) is 0 Å². The van der Waals surface area contributed by atoms with E-state index in [4.69, 9.17) is 4.74 Å². The van der Waals surface area contributed by atoms with Crippen LogP contribution < -0.4 is 0 Å². The molecule has 2 unspecified atom stereocenters. The third-order valence-corrected chi connectivity index (χ3v) is 5.45. The molecule has 112 valence electrons. The Morgan fingerprint density at radius 1 is 1.38 bits per heavy atom. The SMILES string of the molecule is CC1CCCC(OCc2c(C(=O)O)sc3ccccc23)C1. The summed E-state index contributed by atoms with van der Waals surface area (Å²) < 4.78 is 7.06. The van der Waals surface area contributed by atoms with Crippen LogP contribution in [0.15, 0.2) is 24.3 Å². The van der Waals surface area contributed by atoms with E-state index in [-0.39, 0.29) is 6.10 Å². The van der Waals surface area contributed by atoms with Crippen molar-refractivity contribution in [3.8, 4) is 0 Å². The van der Waals surface area contributed by atoms with Gasteiger partial charge in [0.15, 0.2) is 0 Å².